The van der Waals surface area contributed by atoms with Crippen LogP contribution in [0.4, 0.5) is 5.69 Å². The van der Waals surface area contributed by atoms with Crippen molar-refractivity contribution in [2.75, 3.05) is 18.9 Å². The minimum Gasteiger partial charge on any atom is -0.399 e. The maximum Gasteiger partial charge on any atom is 0.108 e. The van der Waals surface area contributed by atoms with E-state index in [1.165, 1.54) is 6.42 Å². The average molecular weight is 274 g/mol. The smallest absolute Gasteiger partial charge is 0.108 e. The quantitative estimate of drug-likeness (QED) is 0.380. The van der Waals surface area contributed by atoms with Gasteiger partial charge in [0.15, 0.2) is 0 Å². The van der Waals surface area contributed by atoms with E-state index in [2.05, 4.69) is 10.1 Å². The molecule has 1 fully saturated rings. The van der Waals surface area contributed by atoms with Crippen LogP contribution in [0.1, 0.15) is 30.4 Å². The number of nitrogen functional groups attached to an aromatic ring is 1. The third-order valence-electron chi connectivity index (χ3n) is 3.46. The van der Waals surface area contributed by atoms with Crippen molar-refractivity contribution in [3.05, 3.63) is 29.3 Å². The minimum absolute atomic E-state index is 0.228. The predicted octanol–water partition coefficient (Wildman–Crippen LogP) is 1.88. The molecule has 1 aromatic carbocycles. The van der Waals surface area contributed by atoms with Gasteiger partial charge in [-0.05, 0) is 43.9 Å². The summed E-state index contributed by atoms with van der Waals surface area (Å²) in [6, 6.07) is 5.66. The summed E-state index contributed by atoms with van der Waals surface area (Å²) in [7, 11) is 0. The average Bonchev–Trinajstić information content (AvgIpc) is 2.46. The number of rotatable bonds is 4. The molecule has 1 aliphatic rings. The van der Waals surface area contributed by atoms with Gasteiger partial charge in [-0.1, -0.05) is 6.07 Å². The number of benzene rings is 1. The van der Waals surface area contributed by atoms with E-state index in [-0.39, 0.29) is 6.10 Å². The number of hydrazone groups is 1. The third kappa shape index (κ3) is 3.81. The minimum atomic E-state index is 0.228. The van der Waals surface area contributed by atoms with Crippen LogP contribution >= 0.6 is 0 Å². The van der Waals surface area contributed by atoms with Gasteiger partial charge in [0.1, 0.15) is 5.71 Å². The zero-order valence-corrected chi connectivity index (χ0v) is 11.9. The van der Waals surface area contributed by atoms with Crippen molar-refractivity contribution in [3.63, 3.8) is 0 Å². The fourth-order valence-corrected chi connectivity index (χ4v) is 2.35. The molecule has 0 amide bonds. The molecule has 0 spiro atoms. The molecule has 1 aliphatic heterocycles. The SMILES string of the molecule is Cc1cc(N)ccc1/C(C=NCC1CCCCO1)=N/N. The second kappa shape index (κ2) is 7.05. The highest BCUT2D eigenvalue weighted by Crippen LogP contribution is 2.14. The number of nitrogens with zero attached hydrogens (tertiary/aromatic N) is 2. The van der Waals surface area contributed by atoms with Gasteiger partial charge in [-0.15, -0.1) is 0 Å². The van der Waals surface area contributed by atoms with Crippen LogP contribution < -0.4 is 11.6 Å². The Hall–Kier alpha value is -1.88. The lowest BCUT2D eigenvalue weighted by Gasteiger charge is -2.20. The lowest BCUT2D eigenvalue weighted by atomic mass is 10.0. The molecule has 0 bridgehead atoms. The van der Waals surface area contributed by atoms with E-state index in [4.69, 9.17) is 16.3 Å². The third-order valence-corrected chi connectivity index (χ3v) is 3.46. The molecule has 5 heteroatoms. The van der Waals surface area contributed by atoms with Gasteiger partial charge in [0.25, 0.3) is 0 Å². The number of aryl methyl sites for hydroxylation is 1. The van der Waals surface area contributed by atoms with Crippen molar-refractivity contribution in [1.82, 2.24) is 0 Å². The van der Waals surface area contributed by atoms with Gasteiger partial charge < -0.3 is 16.3 Å². The van der Waals surface area contributed by atoms with Gasteiger partial charge in [0.05, 0.1) is 12.6 Å². The highest BCUT2D eigenvalue weighted by molar-refractivity contribution is 6.38. The lowest BCUT2D eigenvalue weighted by Crippen LogP contribution is -2.22. The van der Waals surface area contributed by atoms with Crippen molar-refractivity contribution in [2.24, 2.45) is 15.9 Å². The molecule has 1 unspecified atom stereocenters. The number of anilines is 1. The van der Waals surface area contributed by atoms with E-state index in [1.807, 2.05) is 25.1 Å². The largest absolute Gasteiger partial charge is 0.399 e. The maximum absolute atomic E-state index is 5.75. The summed E-state index contributed by atoms with van der Waals surface area (Å²) in [5.74, 6) is 5.47. The predicted molar refractivity (Wildman–Crippen MR) is 83.3 cm³/mol. The highest BCUT2D eigenvalue weighted by atomic mass is 16.5. The Labute approximate surface area is 119 Å². The van der Waals surface area contributed by atoms with E-state index in [0.29, 0.717) is 12.3 Å². The molecule has 1 atom stereocenters. The Balaban J connectivity index is 2.01. The molecule has 5 nitrogen and oxygen atoms in total. The summed E-state index contributed by atoms with van der Waals surface area (Å²) in [4.78, 5) is 4.41. The Kier molecular flexibility index (Phi) is 5.12. The molecule has 0 aliphatic carbocycles. The first-order valence-corrected chi connectivity index (χ1v) is 6.96. The zero-order valence-electron chi connectivity index (χ0n) is 11.9. The number of hydrogen-bond donors (Lipinski definition) is 2. The summed E-state index contributed by atoms with van der Waals surface area (Å²) >= 11 is 0. The first kappa shape index (κ1) is 14.5. The molecule has 108 valence electrons. The van der Waals surface area contributed by atoms with Crippen molar-refractivity contribution in [1.29, 1.82) is 0 Å². The van der Waals surface area contributed by atoms with E-state index in [0.717, 1.165) is 36.3 Å². The first-order valence-electron chi connectivity index (χ1n) is 6.96. The Bertz CT molecular complexity index is 505. The Morgan fingerprint density at radius 1 is 1.45 bits per heavy atom. The maximum atomic E-state index is 5.75. The van der Waals surface area contributed by atoms with E-state index < -0.39 is 0 Å². The molecule has 2 rings (SSSR count). The van der Waals surface area contributed by atoms with Crippen LogP contribution in [-0.2, 0) is 4.74 Å². The Morgan fingerprint density at radius 2 is 2.30 bits per heavy atom. The molecule has 1 saturated heterocycles. The zero-order chi connectivity index (χ0) is 14.4. The lowest BCUT2D eigenvalue weighted by molar-refractivity contribution is 0.0226. The van der Waals surface area contributed by atoms with Crippen molar-refractivity contribution in [2.45, 2.75) is 32.3 Å². The fraction of sp³-hybridized carbons (Fsp3) is 0.467. The second-order valence-electron chi connectivity index (χ2n) is 5.07. The molecule has 4 N–H and O–H groups in total. The number of aliphatic imine (C=N–C) groups is 1. The summed E-state index contributed by atoms with van der Waals surface area (Å²) in [5.41, 5.74) is 9.13. The summed E-state index contributed by atoms with van der Waals surface area (Å²) < 4.78 is 5.64. The standard InChI is InChI=1S/C15H22N4O/c1-11-8-12(16)5-6-14(11)15(19-17)10-18-9-13-4-2-3-7-20-13/h5-6,8,10,13H,2-4,7,9,16-17H2,1H3/b18-10?,19-15+. The monoisotopic (exact) mass is 274 g/mol. The molecule has 1 aromatic rings. The van der Waals surface area contributed by atoms with Gasteiger partial charge in [-0.2, -0.15) is 5.10 Å². The van der Waals surface area contributed by atoms with E-state index in [9.17, 15) is 0 Å². The summed E-state index contributed by atoms with van der Waals surface area (Å²) in [5, 5.41) is 3.82. The van der Waals surface area contributed by atoms with Crippen LogP contribution in [0.2, 0.25) is 0 Å². The van der Waals surface area contributed by atoms with E-state index in [1.54, 1.807) is 6.21 Å². The molecular formula is C15H22N4O. The van der Waals surface area contributed by atoms with Crippen LogP contribution in [0.3, 0.4) is 0 Å². The van der Waals surface area contributed by atoms with Crippen LogP contribution in [0.5, 0.6) is 0 Å². The van der Waals surface area contributed by atoms with Crippen LogP contribution in [0.15, 0.2) is 28.3 Å². The summed E-state index contributed by atoms with van der Waals surface area (Å²) in [6.07, 6.45) is 5.39. The van der Waals surface area contributed by atoms with Gasteiger partial charge in [-0.25, -0.2) is 0 Å². The number of hydrogen-bond acceptors (Lipinski definition) is 5. The Morgan fingerprint density at radius 3 is 2.95 bits per heavy atom. The number of ether oxygens (including phenoxy) is 1. The van der Waals surface area contributed by atoms with Gasteiger partial charge in [0.2, 0.25) is 0 Å². The van der Waals surface area contributed by atoms with Crippen LogP contribution in [-0.4, -0.2) is 31.2 Å². The van der Waals surface area contributed by atoms with Crippen LogP contribution in [0, 0.1) is 6.92 Å². The molecular weight excluding hydrogens is 252 g/mol. The van der Waals surface area contributed by atoms with Gasteiger partial charge in [-0.3, -0.25) is 4.99 Å². The van der Waals surface area contributed by atoms with Gasteiger partial charge in [0, 0.05) is 24.1 Å². The highest BCUT2D eigenvalue weighted by Gasteiger charge is 2.12. The molecule has 0 aromatic heterocycles. The normalized spacial score (nSPS) is 20.4. The first-order chi connectivity index (χ1) is 9.70. The van der Waals surface area contributed by atoms with Crippen molar-refractivity contribution >= 4 is 17.6 Å². The molecule has 0 radical (unpaired) electrons. The molecule has 0 saturated carbocycles. The molecule has 20 heavy (non-hydrogen) atoms. The van der Waals surface area contributed by atoms with Crippen LogP contribution in [0.25, 0.3) is 0 Å². The topological polar surface area (TPSA) is 86.0 Å². The fourth-order valence-electron chi connectivity index (χ4n) is 2.35. The second-order valence-corrected chi connectivity index (χ2v) is 5.07. The van der Waals surface area contributed by atoms with Gasteiger partial charge >= 0.3 is 0 Å². The number of nitrogens with two attached hydrogens (primary N) is 2. The van der Waals surface area contributed by atoms with Crippen molar-refractivity contribution in [3.8, 4) is 0 Å². The van der Waals surface area contributed by atoms with Crippen molar-refractivity contribution < 1.29 is 4.74 Å². The molecule has 1 heterocycles. The van der Waals surface area contributed by atoms with E-state index >= 15 is 0 Å². The summed E-state index contributed by atoms with van der Waals surface area (Å²) in [6.45, 7) is 3.48.